The zero-order chi connectivity index (χ0) is 18.0. The topological polar surface area (TPSA) is 37.3 Å². The molecule has 0 aromatic rings. The van der Waals surface area contributed by atoms with E-state index in [0.717, 1.165) is 6.42 Å². The van der Waals surface area contributed by atoms with E-state index in [4.69, 9.17) is 5.11 Å². The number of carbonyl (C=O) groups is 1. The van der Waals surface area contributed by atoms with Crippen molar-refractivity contribution in [1.29, 1.82) is 0 Å². The summed E-state index contributed by atoms with van der Waals surface area (Å²) in [6, 6.07) is 0. The predicted octanol–water partition coefficient (Wildman–Crippen LogP) is 7.52. The second-order valence-electron chi connectivity index (χ2n) is 7.52. The minimum atomic E-state index is -0.789. The third-order valence-corrected chi connectivity index (χ3v) is 4.88. The standard InChI is InChI=1S/C22H42O2/c1-4-5-6-7-8-9-10-11-12-13-14-15-16-17-18-20(2)19-21(3)22(23)24/h19-20H,4-18H2,1-3H3,(H,23,24)/b21-19+. The van der Waals surface area contributed by atoms with Gasteiger partial charge >= 0.3 is 5.97 Å². The first-order valence-electron chi connectivity index (χ1n) is 10.5. The Bertz CT molecular complexity index is 320. The molecule has 0 aliphatic heterocycles. The number of hydrogen-bond donors (Lipinski definition) is 1. The van der Waals surface area contributed by atoms with Gasteiger partial charge in [-0.3, -0.25) is 0 Å². The maximum atomic E-state index is 10.8. The first-order valence-corrected chi connectivity index (χ1v) is 10.5. The predicted molar refractivity (Wildman–Crippen MR) is 105 cm³/mol. The SMILES string of the molecule is CCCCCCCCCCCCCCCCC(C)/C=C(\C)C(=O)O. The molecule has 0 rings (SSSR count). The average Bonchev–Trinajstić information content (AvgIpc) is 2.55. The summed E-state index contributed by atoms with van der Waals surface area (Å²) in [5.41, 5.74) is 0.480. The number of unbranched alkanes of at least 4 members (excludes halogenated alkanes) is 13. The fraction of sp³-hybridized carbons (Fsp3) is 0.864. The van der Waals surface area contributed by atoms with Gasteiger partial charge in [0.05, 0.1) is 0 Å². The molecule has 0 aromatic carbocycles. The number of hydrogen-bond acceptors (Lipinski definition) is 1. The lowest BCUT2D eigenvalue weighted by Crippen LogP contribution is -1.99. The Morgan fingerprint density at radius 2 is 1.17 bits per heavy atom. The third-order valence-electron chi connectivity index (χ3n) is 4.88. The van der Waals surface area contributed by atoms with E-state index in [9.17, 15) is 4.79 Å². The lowest BCUT2D eigenvalue weighted by atomic mass is 9.99. The van der Waals surface area contributed by atoms with Gasteiger partial charge in [0.1, 0.15) is 0 Å². The summed E-state index contributed by atoms with van der Waals surface area (Å²) in [6.45, 7) is 6.08. The molecule has 0 fully saturated rings. The molecular weight excluding hydrogens is 296 g/mol. The van der Waals surface area contributed by atoms with E-state index < -0.39 is 5.97 Å². The van der Waals surface area contributed by atoms with Crippen LogP contribution in [0.1, 0.15) is 117 Å². The maximum Gasteiger partial charge on any atom is 0.330 e. The molecule has 142 valence electrons. The van der Waals surface area contributed by atoms with E-state index in [0.29, 0.717) is 11.5 Å². The first kappa shape index (κ1) is 23.2. The Morgan fingerprint density at radius 3 is 1.54 bits per heavy atom. The number of rotatable bonds is 17. The normalized spacial score (nSPS) is 13.2. The monoisotopic (exact) mass is 338 g/mol. The van der Waals surface area contributed by atoms with E-state index >= 15 is 0 Å². The number of carboxylic acid groups (broad SMARTS) is 1. The van der Waals surface area contributed by atoms with Crippen LogP contribution in [0.25, 0.3) is 0 Å². The van der Waals surface area contributed by atoms with Crippen LogP contribution in [-0.4, -0.2) is 11.1 Å². The molecule has 0 aromatic heterocycles. The van der Waals surface area contributed by atoms with Gasteiger partial charge in [-0.15, -0.1) is 0 Å². The zero-order valence-electron chi connectivity index (χ0n) is 16.6. The van der Waals surface area contributed by atoms with Crippen molar-refractivity contribution in [3.63, 3.8) is 0 Å². The van der Waals surface area contributed by atoms with E-state index in [2.05, 4.69) is 13.8 Å². The van der Waals surface area contributed by atoms with E-state index in [-0.39, 0.29) is 0 Å². The van der Waals surface area contributed by atoms with Crippen molar-refractivity contribution >= 4 is 5.97 Å². The summed E-state index contributed by atoms with van der Waals surface area (Å²) < 4.78 is 0. The summed E-state index contributed by atoms with van der Waals surface area (Å²) in [5, 5.41) is 8.86. The fourth-order valence-electron chi connectivity index (χ4n) is 3.24. The number of allylic oxidation sites excluding steroid dienone is 1. The molecule has 1 unspecified atom stereocenters. The van der Waals surface area contributed by atoms with Crippen molar-refractivity contribution < 1.29 is 9.90 Å². The van der Waals surface area contributed by atoms with Crippen molar-refractivity contribution in [3.8, 4) is 0 Å². The van der Waals surface area contributed by atoms with Gasteiger partial charge in [0.25, 0.3) is 0 Å². The maximum absolute atomic E-state index is 10.8. The van der Waals surface area contributed by atoms with Crippen molar-refractivity contribution in [2.45, 2.75) is 117 Å². The molecular formula is C22H42O2. The van der Waals surface area contributed by atoms with Crippen molar-refractivity contribution in [1.82, 2.24) is 0 Å². The molecule has 1 N–H and O–H groups in total. The molecule has 2 heteroatoms. The molecule has 0 amide bonds. The summed E-state index contributed by atoms with van der Waals surface area (Å²) in [4.78, 5) is 10.8. The molecule has 0 saturated heterocycles. The number of aliphatic carboxylic acids is 1. The van der Waals surface area contributed by atoms with Gasteiger partial charge in [-0.05, 0) is 19.3 Å². The van der Waals surface area contributed by atoms with Crippen LogP contribution in [0.5, 0.6) is 0 Å². The van der Waals surface area contributed by atoms with Crippen LogP contribution in [-0.2, 0) is 4.79 Å². The summed E-state index contributed by atoms with van der Waals surface area (Å²) in [5.74, 6) is -0.402. The summed E-state index contributed by atoms with van der Waals surface area (Å²) in [7, 11) is 0. The number of carboxylic acids is 1. The Morgan fingerprint density at radius 1 is 0.792 bits per heavy atom. The van der Waals surface area contributed by atoms with Gasteiger partial charge in [0.15, 0.2) is 0 Å². The molecule has 0 aliphatic rings. The van der Waals surface area contributed by atoms with Gasteiger partial charge in [-0.2, -0.15) is 0 Å². The van der Waals surface area contributed by atoms with Crippen molar-refractivity contribution in [2.75, 3.05) is 0 Å². The highest BCUT2D eigenvalue weighted by atomic mass is 16.4. The van der Waals surface area contributed by atoms with E-state index in [1.165, 1.54) is 89.9 Å². The van der Waals surface area contributed by atoms with Crippen LogP contribution in [0.3, 0.4) is 0 Å². The van der Waals surface area contributed by atoms with Crippen LogP contribution in [0, 0.1) is 5.92 Å². The highest BCUT2D eigenvalue weighted by molar-refractivity contribution is 5.85. The van der Waals surface area contributed by atoms with Crippen LogP contribution < -0.4 is 0 Å². The lowest BCUT2D eigenvalue weighted by molar-refractivity contribution is -0.132. The van der Waals surface area contributed by atoms with E-state index in [1.54, 1.807) is 6.92 Å². The smallest absolute Gasteiger partial charge is 0.330 e. The second kappa shape index (κ2) is 17.0. The summed E-state index contributed by atoms with van der Waals surface area (Å²) in [6.07, 6.45) is 22.4. The van der Waals surface area contributed by atoms with Gasteiger partial charge in [0, 0.05) is 5.57 Å². The van der Waals surface area contributed by atoms with Crippen LogP contribution >= 0.6 is 0 Å². The Kier molecular flexibility index (Phi) is 16.5. The van der Waals surface area contributed by atoms with Gasteiger partial charge < -0.3 is 5.11 Å². The van der Waals surface area contributed by atoms with Gasteiger partial charge in [0.2, 0.25) is 0 Å². The van der Waals surface area contributed by atoms with Crippen LogP contribution in [0.2, 0.25) is 0 Å². The van der Waals surface area contributed by atoms with E-state index in [1.807, 2.05) is 6.08 Å². The molecule has 0 spiro atoms. The van der Waals surface area contributed by atoms with Gasteiger partial charge in [-0.1, -0.05) is 110 Å². The molecule has 0 bridgehead atoms. The molecule has 24 heavy (non-hydrogen) atoms. The minimum absolute atomic E-state index is 0.387. The van der Waals surface area contributed by atoms with Crippen molar-refractivity contribution in [2.24, 2.45) is 5.92 Å². The molecule has 0 aliphatic carbocycles. The largest absolute Gasteiger partial charge is 0.478 e. The Labute approximate surface area is 151 Å². The molecule has 0 saturated carbocycles. The molecule has 2 nitrogen and oxygen atoms in total. The first-order chi connectivity index (χ1) is 11.6. The molecule has 0 heterocycles. The van der Waals surface area contributed by atoms with Crippen molar-refractivity contribution in [3.05, 3.63) is 11.6 Å². The zero-order valence-corrected chi connectivity index (χ0v) is 16.6. The van der Waals surface area contributed by atoms with Gasteiger partial charge in [-0.25, -0.2) is 4.79 Å². The highest BCUT2D eigenvalue weighted by Gasteiger charge is 2.04. The van der Waals surface area contributed by atoms with Crippen LogP contribution in [0.15, 0.2) is 11.6 Å². The lowest BCUT2D eigenvalue weighted by Gasteiger charge is -2.07. The Hall–Kier alpha value is -0.790. The minimum Gasteiger partial charge on any atom is -0.478 e. The molecule has 0 radical (unpaired) electrons. The summed E-state index contributed by atoms with van der Waals surface area (Å²) >= 11 is 0. The average molecular weight is 339 g/mol. The van der Waals surface area contributed by atoms with Crippen LogP contribution in [0.4, 0.5) is 0 Å². The highest BCUT2D eigenvalue weighted by Crippen LogP contribution is 2.16. The molecule has 1 atom stereocenters. The quantitative estimate of drug-likeness (QED) is 0.220. The third kappa shape index (κ3) is 16.1. The Balaban J connectivity index is 3.26. The fourth-order valence-corrected chi connectivity index (χ4v) is 3.24. The second-order valence-corrected chi connectivity index (χ2v) is 7.52.